The van der Waals surface area contributed by atoms with Crippen molar-refractivity contribution < 1.29 is 54.2 Å². The van der Waals surface area contributed by atoms with Crippen LogP contribution in [0.1, 0.15) is 36.8 Å². The van der Waals surface area contributed by atoms with Gasteiger partial charge in [0, 0.05) is 34.2 Å². The third-order valence-corrected chi connectivity index (χ3v) is 9.76. The molecule has 4 N–H and O–H groups in total. The zero-order chi connectivity index (χ0) is 35.4. The molecule has 0 aliphatic carbocycles. The van der Waals surface area contributed by atoms with Gasteiger partial charge < -0.3 is 20.5 Å². The number of sulfonamides is 1. The van der Waals surface area contributed by atoms with Crippen LogP contribution in [0.2, 0.25) is 0 Å². The third kappa shape index (κ3) is 9.06. The van der Waals surface area contributed by atoms with Crippen molar-refractivity contribution in [2.75, 3.05) is 0 Å². The summed E-state index contributed by atoms with van der Waals surface area (Å²) in [4.78, 5) is 23.8. The molecule has 1 amide bonds. The SMILES string of the molecule is NC1CC2CCC(C1)N2C(=O)[C@@H](NS(=O)(=O)c1cccc(OCc2ccc(F)cc2)c1)C(F)(F)c1ccc(Br)cc1.O=C(O)C(F)(F)F. The fourth-order valence-electron chi connectivity index (χ4n) is 5.55. The van der Waals surface area contributed by atoms with Crippen molar-refractivity contribution in [1.29, 1.82) is 0 Å². The third-order valence-electron chi connectivity index (χ3n) is 7.81. The molecule has 0 radical (unpaired) electrons. The molecule has 3 atom stereocenters. The molecule has 2 heterocycles. The number of alkyl halides is 5. The lowest BCUT2D eigenvalue weighted by atomic mass is 9.95. The molecule has 0 aromatic heterocycles. The molecule has 5 rings (SSSR count). The number of hydrogen-bond acceptors (Lipinski definition) is 6. The Morgan fingerprint density at radius 3 is 2.08 bits per heavy atom. The van der Waals surface area contributed by atoms with Gasteiger partial charge in [-0.15, -0.1) is 0 Å². The standard InChI is InChI=1S/C29H29BrF3N3O4S.C2HF3O2/c30-20-8-6-19(7-9-20)29(32,33)27(28(37)36-23-12-13-24(36)15-22(34)14-23)35-41(38,39)26-3-1-2-25(16-26)40-17-18-4-10-21(31)11-5-18;3-2(4,5)1(6)7/h1-11,16,22-24,27,35H,12-15,17,34H2;(H,6,7)/t22?,23?,24?,27-;/m1./s1. The van der Waals surface area contributed by atoms with Crippen LogP contribution in [0.3, 0.4) is 0 Å². The molecule has 260 valence electrons. The molecule has 9 nitrogen and oxygen atoms in total. The van der Waals surface area contributed by atoms with Gasteiger partial charge in [-0.3, -0.25) is 4.79 Å². The smallest absolute Gasteiger partial charge is 0.489 e. The predicted octanol–water partition coefficient (Wildman–Crippen LogP) is 5.72. The lowest BCUT2D eigenvalue weighted by Crippen LogP contribution is -2.60. The van der Waals surface area contributed by atoms with Crippen LogP contribution < -0.4 is 15.2 Å². The molecule has 2 aliphatic rings. The molecular weight excluding hydrogens is 736 g/mol. The highest BCUT2D eigenvalue weighted by atomic mass is 79.9. The second kappa shape index (κ2) is 14.8. The molecule has 2 fully saturated rings. The van der Waals surface area contributed by atoms with Crippen LogP contribution >= 0.6 is 15.9 Å². The maximum absolute atomic E-state index is 16.1. The number of carbonyl (C=O) groups excluding carboxylic acids is 1. The minimum absolute atomic E-state index is 0.0276. The minimum Gasteiger partial charge on any atom is -0.489 e. The van der Waals surface area contributed by atoms with E-state index in [9.17, 15) is 30.8 Å². The van der Waals surface area contributed by atoms with Gasteiger partial charge in [-0.2, -0.15) is 26.7 Å². The lowest BCUT2D eigenvalue weighted by molar-refractivity contribution is -0.192. The van der Waals surface area contributed by atoms with Crippen molar-refractivity contribution in [3.05, 3.63) is 94.2 Å². The number of amides is 1. The number of carboxylic acid groups (broad SMARTS) is 1. The zero-order valence-corrected chi connectivity index (χ0v) is 27.2. The van der Waals surface area contributed by atoms with Crippen LogP contribution in [0.4, 0.5) is 26.3 Å². The van der Waals surface area contributed by atoms with Crippen molar-refractivity contribution in [2.24, 2.45) is 5.73 Å². The number of halogens is 7. The molecule has 0 spiro atoms. The van der Waals surface area contributed by atoms with Gasteiger partial charge in [-0.1, -0.05) is 46.3 Å². The van der Waals surface area contributed by atoms with Gasteiger partial charge in [-0.25, -0.2) is 17.6 Å². The first-order chi connectivity index (χ1) is 22.4. The summed E-state index contributed by atoms with van der Waals surface area (Å²) in [6.07, 6.45) is -2.89. The zero-order valence-electron chi connectivity index (χ0n) is 24.8. The number of fused-ring (bicyclic) bond motifs is 2. The molecule has 0 saturated carbocycles. The van der Waals surface area contributed by atoms with E-state index >= 15 is 8.78 Å². The Bertz CT molecular complexity index is 1700. The van der Waals surface area contributed by atoms with Gasteiger partial charge in [0.05, 0.1) is 4.90 Å². The predicted molar refractivity (Wildman–Crippen MR) is 164 cm³/mol. The van der Waals surface area contributed by atoms with E-state index in [1.807, 2.05) is 4.72 Å². The number of piperidine rings is 1. The Balaban J connectivity index is 0.000000671. The van der Waals surface area contributed by atoms with E-state index in [-0.39, 0.29) is 35.4 Å². The number of aliphatic carboxylic acids is 1. The van der Waals surface area contributed by atoms with Gasteiger partial charge in [0.2, 0.25) is 15.9 Å². The van der Waals surface area contributed by atoms with Gasteiger partial charge in [0.25, 0.3) is 5.92 Å². The van der Waals surface area contributed by atoms with Crippen LogP contribution in [0, 0.1) is 5.82 Å². The molecule has 17 heteroatoms. The maximum atomic E-state index is 16.1. The average Bonchev–Trinajstić information content (AvgIpc) is 3.29. The first-order valence-corrected chi connectivity index (χ1v) is 16.7. The van der Waals surface area contributed by atoms with E-state index in [0.717, 1.165) is 12.1 Å². The Labute approximate surface area is 280 Å². The first kappa shape index (κ1) is 37.2. The van der Waals surface area contributed by atoms with E-state index in [2.05, 4.69) is 15.9 Å². The summed E-state index contributed by atoms with van der Waals surface area (Å²) < 4.78 is 112. The number of nitrogens with one attached hydrogen (secondary N) is 1. The topological polar surface area (TPSA) is 139 Å². The van der Waals surface area contributed by atoms with Crippen LogP contribution in [-0.4, -0.2) is 60.6 Å². The number of hydrogen-bond donors (Lipinski definition) is 3. The van der Waals surface area contributed by atoms with Crippen LogP contribution in [0.25, 0.3) is 0 Å². The highest BCUT2D eigenvalue weighted by Gasteiger charge is 2.53. The molecule has 2 saturated heterocycles. The van der Waals surface area contributed by atoms with Gasteiger partial charge in [0.1, 0.15) is 18.2 Å². The van der Waals surface area contributed by atoms with Crippen molar-refractivity contribution >= 4 is 37.8 Å². The molecule has 2 bridgehead atoms. The molecule has 48 heavy (non-hydrogen) atoms. The van der Waals surface area contributed by atoms with Crippen molar-refractivity contribution in [3.63, 3.8) is 0 Å². The summed E-state index contributed by atoms with van der Waals surface area (Å²) in [6.45, 7) is 0.0276. The number of carboxylic acids is 1. The van der Waals surface area contributed by atoms with Gasteiger partial charge in [-0.05, 0) is 67.6 Å². The number of carbonyl (C=O) groups is 2. The summed E-state index contributed by atoms with van der Waals surface area (Å²) in [5.41, 5.74) is 6.26. The summed E-state index contributed by atoms with van der Waals surface area (Å²) in [5.74, 6) is -7.86. The summed E-state index contributed by atoms with van der Waals surface area (Å²) in [7, 11) is -4.62. The summed E-state index contributed by atoms with van der Waals surface area (Å²) >= 11 is 3.22. The Hall–Kier alpha value is -3.67. The number of nitrogens with two attached hydrogens (primary N) is 1. The number of benzene rings is 3. The van der Waals surface area contributed by atoms with E-state index in [4.69, 9.17) is 20.4 Å². The molecular formula is C31H30BrF6N3O6S. The minimum atomic E-state index is -5.08. The molecule has 3 aromatic carbocycles. The Morgan fingerprint density at radius 2 is 1.54 bits per heavy atom. The second-order valence-corrected chi connectivity index (χ2v) is 13.9. The van der Waals surface area contributed by atoms with E-state index in [1.165, 1.54) is 65.6 Å². The Morgan fingerprint density at radius 1 is 0.979 bits per heavy atom. The first-order valence-electron chi connectivity index (χ1n) is 14.4. The normalized spacial score (nSPS) is 20.0. The number of ether oxygens (including phenoxy) is 1. The fraction of sp³-hybridized carbons (Fsp3) is 0.355. The highest BCUT2D eigenvalue weighted by molar-refractivity contribution is 9.10. The largest absolute Gasteiger partial charge is 0.490 e. The van der Waals surface area contributed by atoms with Crippen LogP contribution in [0.5, 0.6) is 5.75 Å². The Kier molecular flexibility index (Phi) is 11.5. The van der Waals surface area contributed by atoms with Crippen LogP contribution in [0.15, 0.2) is 82.2 Å². The van der Waals surface area contributed by atoms with E-state index in [0.29, 0.717) is 35.7 Å². The maximum Gasteiger partial charge on any atom is 0.490 e. The second-order valence-electron chi connectivity index (χ2n) is 11.2. The molecule has 3 aromatic rings. The van der Waals surface area contributed by atoms with E-state index < -0.39 is 51.4 Å². The number of rotatable bonds is 9. The van der Waals surface area contributed by atoms with Crippen LogP contribution in [-0.2, 0) is 32.1 Å². The average molecular weight is 767 g/mol. The molecule has 2 unspecified atom stereocenters. The highest BCUT2D eigenvalue weighted by Crippen LogP contribution is 2.40. The van der Waals surface area contributed by atoms with Crippen molar-refractivity contribution in [2.45, 2.75) is 73.5 Å². The van der Waals surface area contributed by atoms with Crippen molar-refractivity contribution in [3.8, 4) is 5.75 Å². The quantitative estimate of drug-likeness (QED) is 0.237. The van der Waals surface area contributed by atoms with Crippen molar-refractivity contribution in [1.82, 2.24) is 9.62 Å². The monoisotopic (exact) mass is 765 g/mol. The lowest BCUT2D eigenvalue weighted by Gasteiger charge is -2.41. The number of nitrogens with zero attached hydrogens (tertiary/aromatic N) is 1. The molecule has 2 aliphatic heterocycles. The fourth-order valence-corrected chi connectivity index (χ4v) is 7.04. The van der Waals surface area contributed by atoms with Gasteiger partial charge in [0.15, 0.2) is 6.04 Å². The van der Waals surface area contributed by atoms with Gasteiger partial charge >= 0.3 is 12.1 Å². The summed E-state index contributed by atoms with van der Waals surface area (Å²) in [6, 6.07) is 12.9. The summed E-state index contributed by atoms with van der Waals surface area (Å²) in [5, 5.41) is 7.12. The van der Waals surface area contributed by atoms with E-state index in [1.54, 1.807) is 0 Å².